The van der Waals surface area contributed by atoms with E-state index in [9.17, 15) is 0 Å². The van der Waals surface area contributed by atoms with Gasteiger partial charge in [0.1, 0.15) is 0 Å². The topological polar surface area (TPSA) is 12.0 Å². The van der Waals surface area contributed by atoms with Gasteiger partial charge in [-0.3, -0.25) is 0 Å². The van der Waals surface area contributed by atoms with Crippen LogP contribution in [0.25, 0.3) is 0 Å². The predicted octanol–water partition coefficient (Wildman–Crippen LogP) is 2.95. The van der Waals surface area contributed by atoms with E-state index in [2.05, 4.69) is 12.2 Å². The largest absolute Gasteiger partial charge is 0.314 e. The van der Waals surface area contributed by atoms with Crippen molar-refractivity contribution in [3.63, 3.8) is 0 Å². The molecule has 0 aromatic rings. The van der Waals surface area contributed by atoms with Crippen molar-refractivity contribution in [1.29, 1.82) is 0 Å². The maximum absolute atomic E-state index is 3.57. The van der Waals surface area contributed by atoms with E-state index in [4.69, 9.17) is 0 Å². The Bertz CT molecular complexity index is 117. The molecule has 1 heteroatoms. The molecule has 1 saturated carbocycles. The van der Waals surface area contributed by atoms with Gasteiger partial charge in [0.2, 0.25) is 0 Å². The van der Waals surface area contributed by atoms with Crippen LogP contribution >= 0.6 is 0 Å². The summed E-state index contributed by atoms with van der Waals surface area (Å²) < 4.78 is 0. The zero-order valence-electron chi connectivity index (χ0n) is 8.82. The normalized spacial score (nSPS) is 31.8. The van der Waals surface area contributed by atoms with Crippen LogP contribution in [0.3, 0.4) is 0 Å². The Morgan fingerprint density at radius 2 is 1.83 bits per heavy atom. The molecule has 1 atom stereocenters. The molecular weight excluding hydrogens is 146 g/mol. The third kappa shape index (κ3) is 2.01. The fourth-order valence-electron chi connectivity index (χ4n) is 2.21. The summed E-state index contributed by atoms with van der Waals surface area (Å²) in [6.07, 6.45) is 7.36. The molecule has 1 aliphatic heterocycles. The molecule has 1 aliphatic carbocycles. The summed E-state index contributed by atoms with van der Waals surface area (Å²) in [6, 6.07) is 0.784. The van der Waals surface area contributed by atoms with Crippen LogP contribution in [0.1, 0.15) is 52.9 Å². The van der Waals surface area contributed by atoms with Gasteiger partial charge in [0.25, 0.3) is 0 Å². The van der Waals surface area contributed by atoms with Crippen molar-refractivity contribution < 1.29 is 0 Å². The summed E-state index contributed by atoms with van der Waals surface area (Å²) in [6.45, 7) is 7.60. The van der Waals surface area contributed by atoms with Crippen LogP contribution in [0.2, 0.25) is 0 Å². The zero-order chi connectivity index (χ0) is 9.03. The molecule has 0 bridgehead atoms. The first-order valence-electron chi connectivity index (χ1n) is 5.54. The Morgan fingerprint density at radius 1 is 1.17 bits per heavy atom. The quantitative estimate of drug-likeness (QED) is 0.588. The lowest BCUT2D eigenvalue weighted by Crippen LogP contribution is -2.47. The van der Waals surface area contributed by atoms with Gasteiger partial charge < -0.3 is 5.32 Å². The smallest absolute Gasteiger partial charge is 0.00391 e. The number of piperidine rings is 1. The van der Waals surface area contributed by atoms with E-state index in [0.29, 0.717) is 0 Å². The molecule has 1 nitrogen and oxygen atoms in total. The van der Waals surface area contributed by atoms with E-state index in [-0.39, 0.29) is 0 Å². The second-order valence-corrected chi connectivity index (χ2v) is 4.17. The van der Waals surface area contributed by atoms with Gasteiger partial charge >= 0.3 is 0 Å². The van der Waals surface area contributed by atoms with Gasteiger partial charge in [-0.2, -0.15) is 0 Å². The molecule has 1 saturated heterocycles. The van der Waals surface area contributed by atoms with Crippen molar-refractivity contribution in [2.75, 3.05) is 6.54 Å². The maximum Gasteiger partial charge on any atom is 0.00391 e. The number of nitrogens with one attached hydrogen (secondary N) is 1. The van der Waals surface area contributed by atoms with Crippen LogP contribution in [-0.4, -0.2) is 12.6 Å². The predicted molar refractivity (Wildman–Crippen MR) is 54.3 cm³/mol. The highest BCUT2D eigenvalue weighted by Crippen LogP contribution is 2.46. The highest BCUT2D eigenvalue weighted by atomic mass is 14.9. The fraction of sp³-hybridized carbons (Fsp3) is 1.00. The molecule has 2 aliphatic rings. The lowest BCUT2D eigenvalue weighted by Gasteiger charge is -2.46. The van der Waals surface area contributed by atoms with Crippen LogP contribution in [0, 0.1) is 5.41 Å². The third-order valence-corrected chi connectivity index (χ3v) is 3.35. The second kappa shape index (κ2) is 4.27. The summed E-state index contributed by atoms with van der Waals surface area (Å²) in [4.78, 5) is 0. The van der Waals surface area contributed by atoms with Crippen LogP contribution in [0.4, 0.5) is 0 Å². The molecule has 0 aromatic carbocycles. The van der Waals surface area contributed by atoms with Gasteiger partial charge in [-0.05, 0) is 38.0 Å². The van der Waals surface area contributed by atoms with Crippen molar-refractivity contribution in [2.45, 2.75) is 58.9 Å². The molecule has 1 heterocycles. The van der Waals surface area contributed by atoms with Gasteiger partial charge in [-0.15, -0.1) is 0 Å². The average molecular weight is 169 g/mol. The molecule has 0 aromatic heterocycles. The number of hydrogen-bond acceptors (Lipinski definition) is 1. The Kier molecular flexibility index (Phi) is 3.57. The Morgan fingerprint density at radius 3 is 2.17 bits per heavy atom. The molecule has 1 spiro atoms. The van der Waals surface area contributed by atoms with Gasteiger partial charge in [0.15, 0.2) is 0 Å². The van der Waals surface area contributed by atoms with Crippen LogP contribution in [-0.2, 0) is 0 Å². The molecule has 12 heavy (non-hydrogen) atoms. The molecule has 1 N–H and O–H groups in total. The lowest BCUT2D eigenvalue weighted by atomic mass is 9.64. The molecule has 0 radical (unpaired) electrons. The second-order valence-electron chi connectivity index (χ2n) is 4.17. The highest BCUT2D eigenvalue weighted by molar-refractivity contribution is 4.93. The van der Waals surface area contributed by atoms with Gasteiger partial charge in [-0.1, -0.05) is 20.3 Å². The zero-order valence-corrected chi connectivity index (χ0v) is 8.82. The first-order valence-corrected chi connectivity index (χ1v) is 5.54. The van der Waals surface area contributed by atoms with Crippen molar-refractivity contribution in [3.8, 4) is 0 Å². The molecule has 72 valence electrons. The molecule has 0 amide bonds. The van der Waals surface area contributed by atoms with Crippen molar-refractivity contribution in [2.24, 2.45) is 5.41 Å². The summed E-state index contributed by atoms with van der Waals surface area (Å²) in [5, 5.41) is 3.57. The fourth-order valence-corrected chi connectivity index (χ4v) is 2.21. The molecular formula is C11H23N. The summed E-state index contributed by atoms with van der Waals surface area (Å²) in [5.74, 6) is 0. The SMILES string of the molecule is CC.CC1CCC2(CCC2)CN1. The lowest BCUT2D eigenvalue weighted by molar-refractivity contribution is 0.0795. The molecule has 2 rings (SSSR count). The van der Waals surface area contributed by atoms with Crippen LogP contribution < -0.4 is 5.32 Å². The van der Waals surface area contributed by atoms with E-state index in [1.54, 1.807) is 0 Å². The van der Waals surface area contributed by atoms with E-state index in [0.717, 1.165) is 11.5 Å². The molecule has 1 unspecified atom stereocenters. The number of rotatable bonds is 0. The Hall–Kier alpha value is -0.0400. The summed E-state index contributed by atoms with van der Waals surface area (Å²) >= 11 is 0. The van der Waals surface area contributed by atoms with Crippen molar-refractivity contribution >= 4 is 0 Å². The van der Waals surface area contributed by atoms with Gasteiger partial charge in [-0.25, -0.2) is 0 Å². The number of hydrogen-bond donors (Lipinski definition) is 1. The van der Waals surface area contributed by atoms with E-state index >= 15 is 0 Å². The van der Waals surface area contributed by atoms with Crippen molar-refractivity contribution in [3.05, 3.63) is 0 Å². The van der Waals surface area contributed by atoms with E-state index in [1.807, 2.05) is 13.8 Å². The maximum atomic E-state index is 3.57. The summed E-state index contributed by atoms with van der Waals surface area (Å²) in [7, 11) is 0. The third-order valence-electron chi connectivity index (χ3n) is 3.35. The van der Waals surface area contributed by atoms with Crippen molar-refractivity contribution in [1.82, 2.24) is 5.32 Å². The minimum Gasteiger partial charge on any atom is -0.314 e. The first-order chi connectivity index (χ1) is 5.81. The minimum atomic E-state index is 0.770. The first kappa shape index (κ1) is 10.0. The Labute approximate surface area is 76.9 Å². The monoisotopic (exact) mass is 169 g/mol. The molecule has 2 fully saturated rings. The minimum absolute atomic E-state index is 0.770. The van der Waals surface area contributed by atoms with Crippen LogP contribution in [0.5, 0.6) is 0 Å². The van der Waals surface area contributed by atoms with Gasteiger partial charge in [0, 0.05) is 12.6 Å². The Balaban J connectivity index is 0.000000336. The van der Waals surface area contributed by atoms with Gasteiger partial charge in [0.05, 0.1) is 0 Å². The highest BCUT2D eigenvalue weighted by Gasteiger charge is 2.38. The van der Waals surface area contributed by atoms with Crippen LogP contribution in [0.15, 0.2) is 0 Å². The standard InChI is InChI=1S/C9H17N.C2H6/c1-8-3-6-9(7-10-8)4-2-5-9;1-2/h8,10H,2-7H2,1H3;1-2H3. The van der Waals surface area contributed by atoms with E-state index in [1.165, 1.54) is 38.6 Å². The summed E-state index contributed by atoms with van der Waals surface area (Å²) in [5.41, 5.74) is 0.770. The average Bonchev–Trinajstić information content (AvgIpc) is 2.07. The van der Waals surface area contributed by atoms with E-state index < -0.39 is 0 Å².